The van der Waals surface area contributed by atoms with Crippen molar-refractivity contribution in [3.05, 3.63) is 170 Å². The van der Waals surface area contributed by atoms with Gasteiger partial charge in [0.15, 0.2) is 0 Å². The van der Waals surface area contributed by atoms with E-state index in [2.05, 4.69) is 164 Å². The number of fused-ring (bicyclic) bond motifs is 5. The smallest absolute Gasteiger partial charge is 0.0972 e. The highest BCUT2D eigenvalue weighted by molar-refractivity contribution is 6.07. The van der Waals surface area contributed by atoms with Gasteiger partial charge in [-0.2, -0.15) is 0 Å². The van der Waals surface area contributed by atoms with Crippen molar-refractivity contribution in [1.82, 2.24) is 9.97 Å². The SMILES string of the molecule is c1ccc(-c2ccc3ccc4ccc(-c5ccc(-c6ccc(-c7ccc8ccccc8c7)cc6)c6ccccc56)nc4c3n2)cc1. The van der Waals surface area contributed by atoms with E-state index in [1.54, 1.807) is 0 Å². The summed E-state index contributed by atoms with van der Waals surface area (Å²) in [7, 11) is 0. The van der Waals surface area contributed by atoms with Crippen LogP contribution in [0.25, 0.3) is 88.1 Å². The fourth-order valence-corrected chi connectivity index (χ4v) is 6.67. The van der Waals surface area contributed by atoms with E-state index < -0.39 is 0 Å². The number of pyridine rings is 2. The van der Waals surface area contributed by atoms with Crippen LogP contribution in [-0.2, 0) is 0 Å². The Morgan fingerprint density at radius 1 is 0.283 bits per heavy atom. The van der Waals surface area contributed by atoms with E-state index in [1.165, 1.54) is 43.8 Å². The van der Waals surface area contributed by atoms with Crippen LogP contribution in [0.4, 0.5) is 0 Å². The molecular formula is C44H28N2. The van der Waals surface area contributed by atoms with E-state index in [4.69, 9.17) is 9.97 Å². The molecule has 2 heteroatoms. The zero-order valence-electron chi connectivity index (χ0n) is 25.1. The van der Waals surface area contributed by atoms with Gasteiger partial charge in [-0.3, -0.25) is 0 Å². The third-order valence-corrected chi connectivity index (χ3v) is 9.07. The van der Waals surface area contributed by atoms with E-state index in [0.717, 1.165) is 44.3 Å². The van der Waals surface area contributed by atoms with Crippen LogP contribution in [0.15, 0.2) is 170 Å². The van der Waals surface area contributed by atoms with Gasteiger partial charge in [0.1, 0.15) is 0 Å². The molecule has 2 nitrogen and oxygen atoms in total. The molecule has 0 spiro atoms. The summed E-state index contributed by atoms with van der Waals surface area (Å²) in [6.45, 7) is 0. The first-order valence-electron chi connectivity index (χ1n) is 15.7. The first kappa shape index (κ1) is 26.3. The van der Waals surface area contributed by atoms with Crippen LogP contribution in [0.3, 0.4) is 0 Å². The van der Waals surface area contributed by atoms with Gasteiger partial charge in [0, 0.05) is 21.9 Å². The standard InChI is InChI=1S/C44H28N2/c1-2-9-32(10-3-1)41-26-22-33-19-20-34-23-27-42(46-44(34)43(33)45-41)40-25-24-37(38-12-6-7-13-39(38)40)31-17-14-30(15-18-31)36-21-16-29-8-4-5-11-35(29)28-36/h1-28H. The molecule has 0 bridgehead atoms. The Hall–Kier alpha value is -6.12. The first-order chi connectivity index (χ1) is 22.8. The van der Waals surface area contributed by atoms with Gasteiger partial charge in [-0.15, -0.1) is 0 Å². The molecule has 0 atom stereocenters. The van der Waals surface area contributed by atoms with Gasteiger partial charge < -0.3 is 0 Å². The molecule has 46 heavy (non-hydrogen) atoms. The van der Waals surface area contributed by atoms with Crippen molar-refractivity contribution in [2.45, 2.75) is 0 Å². The van der Waals surface area contributed by atoms with Crippen LogP contribution in [-0.4, -0.2) is 9.97 Å². The molecule has 0 fully saturated rings. The minimum Gasteiger partial charge on any atom is -0.245 e. The Balaban J connectivity index is 1.13. The summed E-state index contributed by atoms with van der Waals surface area (Å²) in [5.74, 6) is 0. The highest BCUT2D eigenvalue weighted by Crippen LogP contribution is 2.37. The van der Waals surface area contributed by atoms with Gasteiger partial charge in [0.2, 0.25) is 0 Å². The summed E-state index contributed by atoms with van der Waals surface area (Å²) in [6.07, 6.45) is 0. The zero-order valence-corrected chi connectivity index (χ0v) is 25.1. The molecule has 0 aliphatic heterocycles. The maximum atomic E-state index is 5.27. The Kier molecular flexibility index (Phi) is 6.17. The van der Waals surface area contributed by atoms with E-state index in [9.17, 15) is 0 Å². The van der Waals surface area contributed by atoms with Crippen LogP contribution in [0.5, 0.6) is 0 Å². The van der Waals surface area contributed by atoms with E-state index in [-0.39, 0.29) is 0 Å². The molecule has 0 unspecified atom stereocenters. The van der Waals surface area contributed by atoms with Gasteiger partial charge in [0.05, 0.1) is 22.4 Å². The van der Waals surface area contributed by atoms with Crippen molar-refractivity contribution in [3.63, 3.8) is 0 Å². The molecule has 0 saturated carbocycles. The van der Waals surface area contributed by atoms with Gasteiger partial charge in [0.25, 0.3) is 0 Å². The molecule has 0 saturated heterocycles. The zero-order chi connectivity index (χ0) is 30.5. The fourth-order valence-electron chi connectivity index (χ4n) is 6.67. The number of aromatic nitrogens is 2. The molecule has 9 aromatic rings. The minimum absolute atomic E-state index is 0.921. The monoisotopic (exact) mass is 584 g/mol. The van der Waals surface area contributed by atoms with Crippen LogP contribution in [0.2, 0.25) is 0 Å². The number of hydrogen-bond donors (Lipinski definition) is 0. The lowest BCUT2D eigenvalue weighted by molar-refractivity contribution is 1.37. The average Bonchev–Trinajstić information content (AvgIpc) is 3.14. The second-order valence-corrected chi connectivity index (χ2v) is 11.8. The minimum atomic E-state index is 0.921. The largest absolute Gasteiger partial charge is 0.245 e. The van der Waals surface area contributed by atoms with Gasteiger partial charge in [-0.05, 0) is 62.0 Å². The highest BCUT2D eigenvalue weighted by atomic mass is 14.8. The summed E-state index contributed by atoms with van der Waals surface area (Å²) in [4.78, 5) is 10.4. The Morgan fingerprint density at radius 3 is 1.57 bits per heavy atom. The topological polar surface area (TPSA) is 25.8 Å². The third kappa shape index (κ3) is 4.51. The second kappa shape index (κ2) is 10.8. The average molecular weight is 585 g/mol. The van der Waals surface area contributed by atoms with Crippen LogP contribution >= 0.6 is 0 Å². The molecule has 9 rings (SSSR count). The number of benzene rings is 7. The molecule has 2 heterocycles. The van der Waals surface area contributed by atoms with Crippen molar-refractivity contribution < 1.29 is 0 Å². The molecular weight excluding hydrogens is 556 g/mol. The maximum absolute atomic E-state index is 5.27. The molecule has 0 aliphatic carbocycles. The van der Waals surface area contributed by atoms with Crippen molar-refractivity contribution in [2.75, 3.05) is 0 Å². The van der Waals surface area contributed by atoms with Gasteiger partial charge >= 0.3 is 0 Å². The summed E-state index contributed by atoms with van der Waals surface area (Å²) < 4.78 is 0. The quantitative estimate of drug-likeness (QED) is 0.192. The van der Waals surface area contributed by atoms with E-state index >= 15 is 0 Å². The third-order valence-electron chi connectivity index (χ3n) is 9.07. The molecule has 214 valence electrons. The molecule has 0 N–H and O–H groups in total. The Bertz CT molecular complexity index is 2570. The molecule has 7 aromatic carbocycles. The predicted octanol–water partition coefficient (Wildman–Crippen LogP) is 11.8. The normalized spacial score (nSPS) is 11.5. The lowest BCUT2D eigenvalue weighted by Crippen LogP contribution is -1.92. The first-order valence-corrected chi connectivity index (χ1v) is 15.7. The molecule has 0 aliphatic rings. The maximum Gasteiger partial charge on any atom is 0.0972 e. The number of rotatable bonds is 4. The number of hydrogen-bond acceptors (Lipinski definition) is 2. The fraction of sp³-hybridized carbons (Fsp3) is 0. The van der Waals surface area contributed by atoms with Crippen molar-refractivity contribution in [2.24, 2.45) is 0 Å². The summed E-state index contributed by atoms with van der Waals surface area (Å²) >= 11 is 0. The predicted molar refractivity (Wildman–Crippen MR) is 194 cm³/mol. The van der Waals surface area contributed by atoms with Crippen LogP contribution < -0.4 is 0 Å². The van der Waals surface area contributed by atoms with Crippen LogP contribution in [0, 0.1) is 0 Å². The molecule has 2 aromatic heterocycles. The van der Waals surface area contributed by atoms with Crippen molar-refractivity contribution in [3.8, 4) is 44.8 Å². The van der Waals surface area contributed by atoms with Crippen LogP contribution in [0.1, 0.15) is 0 Å². The summed E-state index contributed by atoms with van der Waals surface area (Å²) in [6, 6.07) is 60.4. The highest BCUT2D eigenvalue weighted by Gasteiger charge is 2.13. The Morgan fingerprint density at radius 2 is 0.804 bits per heavy atom. The summed E-state index contributed by atoms with van der Waals surface area (Å²) in [5.41, 5.74) is 10.8. The van der Waals surface area contributed by atoms with Gasteiger partial charge in [-0.1, -0.05) is 152 Å². The molecule has 0 radical (unpaired) electrons. The lowest BCUT2D eigenvalue weighted by atomic mass is 9.92. The van der Waals surface area contributed by atoms with E-state index in [0.29, 0.717) is 0 Å². The van der Waals surface area contributed by atoms with Crippen molar-refractivity contribution >= 4 is 43.4 Å². The van der Waals surface area contributed by atoms with Crippen molar-refractivity contribution in [1.29, 1.82) is 0 Å². The van der Waals surface area contributed by atoms with E-state index in [1.807, 2.05) is 6.07 Å². The Labute approximate surface area is 267 Å². The summed E-state index contributed by atoms with van der Waals surface area (Å²) in [5, 5.41) is 7.09. The molecule has 0 amide bonds. The van der Waals surface area contributed by atoms with Gasteiger partial charge in [-0.25, -0.2) is 9.97 Å². The lowest BCUT2D eigenvalue weighted by Gasteiger charge is -2.13. The second-order valence-electron chi connectivity index (χ2n) is 11.8. The number of nitrogens with zero attached hydrogens (tertiary/aromatic N) is 2.